The van der Waals surface area contributed by atoms with Crippen LogP contribution in [0, 0.1) is 5.82 Å². The number of hydrogen-bond acceptors (Lipinski definition) is 2. The van der Waals surface area contributed by atoms with Crippen molar-refractivity contribution < 1.29 is 4.39 Å². The average Bonchev–Trinajstić information content (AvgIpc) is 2.48. The third-order valence-electron chi connectivity index (χ3n) is 4.08. The number of rotatable bonds is 0. The van der Waals surface area contributed by atoms with Gasteiger partial charge < -0.3 is 10.2 Å². The third kappa shape index (κ3) is 1.64. The molecule has 1 aromatic rings. The third-order valence-corrected chi connectivity index (χ3v) is 4.08. The summed E-state index contributed by atoms with van der Waals surface area (Å²) in [6, 6.07) is 3.56. The molecule has 0 amide bonds. The van der Waals surface area contributed by atoms with Gasteiger partial charge in [-0.1, -0.05) is 19.9 Å². The van der Waals surface area contributed by atoms with Crippen molar-refractivity contribution in [1.29, 1.82) is 0 Å². The van der Waals surface area contributed by atoms with E-state index in [-0.39, 0.29) is 11.2 Å². The quantitative estimate of drug-likeness (QED) is 0.741. The lowest BCUT2D eigenvalue weighted by Crippen LogP contribution is -2.39. The van der Waals surface area contributed by atoms with Crippen LogP contribution in [0.3, 0.4) is 0 Å². The van der Waals surface area contributed by atoms with Crippen molar-refractivity contribution in [1.82, 2.24) is 5.32 Å². The van der Waals surface area contributed by atoms with Crippen molar-refractivity contribution in [2.24, 2.45) is 0 Å². The SMILES string of the molecule is CC1(C)CCN2CCNCc3ccc(F)c1c32. The highest BCUT2D eigenvalue weighted by molar-refractivity contribution is 5.65. The van der Waals surface area contributed by atoms with Crippen LogP contribution < -0.4 is 10.2 Å². The fourth-order valence-corrected chi connectivity index (χ4v) is 3.07. The average molecular weight is 234 g/mol. The van der Waals surface area contributed by atoms with Gasteiger partial charge in [-0.3, -0.25) is 0 Å². The summed E-state index contributed by atoms with van der Waals surface area (Å²) in [6.45, 7) is 8.17. The van der Waals surface area contributed by atoms with Crippen LogP contribution in [-0.4, -0.2) is 19.6 Å². The topological polar surface area (TPSA) is 15.3 Å². The van der Waals surface area contributed by atoms with E-state index in [9.17, 15) is 4.39 Å². The van der Waals surface area contributed by atoms with E-state index >= 15 is 0 Å². The first kappa shape index (κ1) is 11.0. The van der Waals surface area contributed by atoms with Crippen LogP contribution in [0.25, 0.3) is 0 Å². The second-order valence-electron chi connectivity index (χ2n) is 5.73. The number of nitrogens with zero attached hydrogens (tertiary/aromatic N) is 1. The number of hydrogen-bond donors (Lipinski definition) is 1. The van der Waals surface area contributed by atoms with Gasteiger partial charge in [-0.05, 0) is 23.5 Å². The monoisotopic (exact) mass is 234 g/mol. The van der Waals surface area contributed by atoms with Gasteiger partial charge in [0.25, 0.3) is 0 Å². The maximum absolute atomic E-state index is 14.2. The predicted molar refractivity (Wildman–Crippen MR) is 68.0 cm³/mol. The number of anilines is 1. The van der Waals surface area contributed by atoms with Crippen molar-refractivity contribution in [3.05, 3.63) is 29.1 Å². The molecule has 0 saturated heterocycles. The summed E-state index contributed by atoms with van der Waals surface area (Å²) in [7, 11) is 0. The Labute approximate surface area is 102 Å². The van der Waals surface area contributed by atoms with E-state index in [0.717, 1.165) is 43.9 Å². The molecule has 3 rings (SSSR count). The maximum atomic E-state index is 14.2. The molecule has 2 heterocycles. The molecule has 0 atom stereocenters. The summed E-state index contributed by atoms with van der Waals surface area (Å²) < 4.78 is 14.2. The van der Waals surface area contributed by atoms with Crippen LogP contribution in [0.5, 0.6) is 0 Å². The van der Waals surface area contributed by atoms with Crippen molar-refractivity contribution in [2.45, 2.75) is 32.2 Å². The Balaban J connectivity index is 2.25. The molecule has 0 bridgehead atoms. The normalized spacial score (nSPS) is 21.9. The van der Waals surface area contributed by atoms with Gasteiger partial charge in [0.05, 0.1) is 0 Å². The van der Waals surface area contributed by atoms with Crippen molar-refractivity contribution >= 4 is 5.69 Å². The zero-order chi connectivity index (χ0) is 12.0. The molecule has 0 aliphatic carbocycles. The molecule has 1 aromatic carbocycles. The van der Waals surface area contributed by atoms with Crippen molar-refractivity contribution in [2.75, 3.05) is 24.5 Å². The van der Waals surface area contributed by atoms with Gasteiger partial charge in [-0.25, -0.2) is 4.39 Å². The smallest absolute Gasteiger partial charge is 0.129 e. The van der Waals surface area contributed by atoms with Gasteiger partial charge in [0, 0.05) is 37.4 Å². The van der Waals surface area contributed by atoms with Gasteiger partial charge >= 0.3 is 0 Å². The van der Waals surface area contributed by atoms with E-state index in [2.05, 4.69) is 24.1 Å². The molecule has 0 radical (unpaired) electrons. The summed E-state index contributed by atoms with van der Waals surface area (Å²) in [5.74, 6) is -0.0413. The minimum atomic E-state index is -0.0454. The Morgan fingerprint density at radius 1 is 1.29 bits per heavy atom. The van der Waals surface area contributed by atoms with E-state index < -0.39 is 0 Å². The highest BCUT2D eigenvalue weighted by atomic mass is 19.1. The second-order valence-corrected chi connectivity index (χ2v) is 5.73. The molecule has 1 N–H and O–H groups in total. The van der Waals surface area contributed by atoms with Gasteiger partial charge in [-0.15, -0.1) is 0 Å². The van der Waals surface area contributed by atoms with Crippen LogP contribution in [0.2, 0.25) is 0 Å². The number of nitrogens with one attached hydrogen (secondary N) is 1. The van der Waals surface area contributed by atoms with Crippen LogP contribution in [0.4, 0.5) is 10.1 Å². The molecule has 2 aliphatic heterocycles. The molecule has 0 saturated carbocycles. The summed E-state index contributed by atoms with van der Waals surface area (Å²) in [6.07, 6.45) is 1.03. The molecule has 0 fully saturated rings. The molecule has 0 unspecified atom stereocenters. The molecule has 92 valence electrons. The molecule has 2 aliphatic rings. The highest BCUT2D eigenvalue weighted by Gasteiger charge is 2.35. The van der Waals surface area contributed by atoms with E-state index in [1.807, 2.05) is 6.07 Å². The fraction of sp³-hybridized carbons (Fsp3) is 0.571. The molecular weight excluding hydrogens is 215 g/mol. The van der Waals surface area contributed by atoms with Crippen LogP contribution in [0.1, 0.15) is 31.4 Å². The van der Waals surface area contributed by atoms with E-state index in [1.165, 1.54) is 5.56 Å². The van der Waals surface area contributed by atoms with E-state index in [1.54, 1.807) is 6.07 Å². The Hall–Kier alpha value is -1.09. The number of benzene rings is 1. The molecule has 2 nitrogen and oxygen atoms in total. The van der Waals surface area contributed by atoms with Gasteiger partial charge in [0.1, 0.15) is 5.82 Å². The fourth-order valence-electron chi connectivity index (χ4n) is 3.07. The Bertz CT molecular complexity index is 454. The van der Waals surface area contributed by atoms with Gasteiger partial charge in [-0.2, -0.15) is 0 Å². The minimum Gasteiger partial charge on any atom is -0.370 e. The zero-order valence-corrected chi connectivity index (χ0v) is 10.5. The lowest BCUT2D eigenvalue weighted by Gasteiger charge is -2.40. The summed E-state index contributed by atoms with van der Waals surface area (Å²) in [5.41, 5.74) is 3.28. The van der Waals surface area contributed by atoms with Crippen LogP contribution in [-0.2, 0) is 12.0 Å². The molecule has 17 heavy (non-hydrogen) atoms. The zero-order valence-electron chi connectivity index (χ0n) is 10.5. The summed E-state index contributed by atoms with van der Waals surface area (Å²) >= 11 is 0. The molecular formula is C14H19FN2. The first-order valence-corrected chi connectivity index (χ1v) is 6.37. The van der Waals surface area contributed by atoms with Crippen molar-refractivity contribution in [3.8, 4) is 0 Å². The Morgan fingerprint density at radius 2 is 2.12 bits per heavy atom. The molecule has 0 spiro atoms. The summed E-state index contributed by atoms with van der Waals surface area (Å²) in [4.78, 5) is 2.35. The van der Waals surface area contributed by atoms with Gasteiger partial charge in [0.15, 0.2) is 0 Å². The minimum absolute atomic E-state index is 0.0413. The van der Waals surface area contributed by atoms with Gasteiger partial charge in [0.2, 0.25) is 0 Å². The second kappa shape index (κ2) is 3.70. The maximum Gasteiger partial charge on any atom is 0.129 e. The van der Waals surface area contributed by atoms with Crippen molar-refractivity contribution in [3.63, 3.8) is 0 Å². The molecule has 3 heteroatoms. The van der Waals surface area contributed by atoms with Crippen LogP contribution >= 0.6 is 0 Å². The lowest BCUT2D eigenvalue weighted by molar-refractivity contribution is 0.428. The first-order chi connectivity index (χ1) is 8.09. The largest absolute Gasteiger partial charge is 0.370 e. The van der Waals surface area contributed by atoms with E-state index in [4.69, 9.17) is 0 Å². The standard InChI is InChI=1S/C14H19FN2/c1-14(2)5-7-17-8-6-16-9-10-3-4-11(15)12(14)13(10)17/h3-4,16H,5-9H2,1-2H3. The summed E-state index contributed by atoms with van der Waals surface area (Å²) in [5, 5.41) is 3.41. The number of halogens is 1. The predicted octanol–water partition coefficient (Wildman–Crippen LogP) is 2.42. The lowest BCUT2D eigenvalue weighted by atomic mass is 9.76. The Morgan fingerprint density at radius 3 is 2.94 bits per heavy atom. The van der Waals surface area contributed by atoms with E-state index in [0.29, 0.717) is 0 Å². The Kier molecular flexibility index (Phi) is 2.40. The molecule has 0 aromatic heterocycles. The first-order valence-electron chi connectivity index (χ1n) is 6.37. The van der Waals surface area contributed by atoms with Crippen LogP contribution in [0.15, 0.2) is 12.1 Å². The highest BCUT2D eigenvalue weighted by Crippen LogP contribution is 2.43.